The first-order valence-electron chi connectivity index (χ1n) is 6.70. The Balaban J connectivity index is 1.74. The lowest BCUT2D eigenvalue weighted by Crippen LogP contribution is -2.38. The van der Waals surface area contributed by atoms with Gasteiger partial charge in [0.25, 0.3) is 5.17 Å². The molecule has 2 aliphatic rings. The van der Waals surface area contributed by atoms with Crippen molar-refractivity contribution in [2.75, 3.05) is 0 Å². The molecule has 3 heterocycles. The first kappa shape index (κ1) is 13.9. The number of hydrogen-bond acceptors (Lipinski definition) is 6. The van der Waals surface area contributed by atoms with Gasteiger partial charge in [-0.15, -0.1) is 0 Å². The summed E-state index contributed by atoms with van der Waals surface area (Å²) >= 11 is 5.28. The van der Waals surface area contributed by atoms with Gasteiger partial charge in [-0.3, -0.25) is 4.57 Å². The third kappa shape index (κ3) is 2.46. The fraction of sp³-hybridized carbons (Fsp3) is 0.692. The van der Waals surface area contributed by atoms with Crippen LogP contribution in [0.1, 0.15) is 27.2 Å². The summed E-state index contributed by atoms with van der Waals surface area (Å²) in [4.78, 5) is 3.95. The lowest BCUT2D eigenvalue weighted by atomic mass is 10.1. The Bertz CT molecular complexity index is 491. The normalized spacial score (nSPS) is 35.0. The third-order valence-electron chi connectivity index (χ3n) is 3.44. The highest BCUT2D eigenvalue weighted by atomic mass is 32.1. The summed E-state index contributed by atoms with van der Waals surface area (Å²) in [6.07, 6.45) is 4.77. The first-order chi connectivity index (χ1) is 9.50. The van der Waals surface area contributed by atoms with Gasteiger partial charge in [0.1, 0.15) is 12.4 Å². The lowest BCUT2D eigenvalue weighted by molar-refractivity contribution is -0.213. The molecule has 2 saturated heterocycles. The monoisotopic (exact) mass is 298 g/mol. The minimum absolute atomic E-state index is 0.0948. The van der Waals surface area contributed by atoms with Crippen LogP contribution < -0.4 is 0 Å². The van der Waals surface area contributed by atoms with Crippen molar-refractivity contribution in [1.29, 1.82) is 0 Å². The zero-order valence-electron chi connectivity index (χ0n) is 11.7. The van der Waals surface area contributed by atoms with Gasteiger partial charge in [-0.1, -0.05) is 6.92 Å². The molecule has 3 rings (SSSR count). The Morgan fingerprint density at radius 2 is 2.25 bits per heavy atom. The molecular formula is C13H18N2O4S. The summed E-state index contributed by atoms with van der Waals surface area (Å²) < 4.78 is 25.0. The number of fused-ring (bicyclic) bond motifs is 1. The number of ether oxygens (including phenoxy) is 4. The van der Waals surface area contributed by atoms with Crippen LogP contribution in [0.5, 0.6) is 0 Å². The second-order valence-corrected chi connectivity index (χ2v) is 5.72. The molecule has 7 heteroatoms. The predicted molar refractivity (Wildman–Crippen MR) is 74.1 cm³/mol. The largest absolute Gasteiger partial charge is 0.461 e. The second-order valence-electron chi connectivity index (χ2n) is 5.37. The molecule has 0 spiro atoms. The van der Waals surface area contributed by atoms with E-state index in [1.165, 1.54) is 0 Å². The van der Waals surface area contributed by atoms with Crippen molar-refractivity contribution in [2.24, 2.45) is 0 Å². The molecular weight excluding hydrogens is 280 g/mol. The fourth-order valence-electron chi connectivity index (χ4n) is 2.56. The van der Waals surface area contributed by atoms with E-state index in [0.717, 1.165) is 6.42 Å². The van der Waals surface area contributed by atoms with Crippen LogP contribution in [0.15, 0.2) is 18.7 Å². The summed E-state index contributed by atoms with van der Waals surface area (Å²) in [6, 6.07) is 0. The standard InChI is InChI=1S/C13H18N2O4S/c1-4-8-9(17-12(20)15-6-5-14-7-15)10-11(16-8)19-13(2,3)18-10/h5-11H,4H2,1-3H3/t8-,9+,10?,11+/m1/s1. The molecule has 0 bridgehead atoms. The average molecular weight is 298 g/mol. The van der Waals surface area contributed by atoms with Crippen LogP contribution >= 0.6 is 12.2 Å². The van der Waals surface area contributed by atoms with Crippen LogP contribution in [0.2, 0.25) is 0 Å². The number of nitrogens with zero attached hydrogens (tertiary/aromatic N) is 2. The first-order valence-corrected chi connectivity index (χ1v) is 7.11. The Morgan fingerprint density at radius 3 is 2.90 bits per heavy atom. The van der Waals surface area contributed by atoms with Crippen LogP contribution in [0.3, 0.4) is 0 Å². The molecule has 0 radical (unpaired) electrons. The van der Waals surface area contributed by atoms with Crippen LogP contribution in [-0.2, 0) is 18.9 Å². The summed E-state index contributed by atoms with van der Waals surface area (Å²) in [5.74, 6) is -0.660. The van der Waals surface area contributed by atoms with Crippen LogP contribution in [0, 0.1) is 0 Å². The average Bonchev–Trinajstić information content (AvgIpc) is 3.05. The van der Waals surface area contributed by atoms with Gasteiger partial charge in [-0.05, 0) is 32.5 Å². The molecule has 110 valence electrons. The maximum Gasteiger partial charge on any atom is 0.269 e. The molecule has 0 aromatic carbocycles. The number of aromatic nitrogens is 2. The van der Waals surface area contributed by atoms with Crippen LogP contribution in [-0.4, -0.2) is 45.1 Å². The maximum atomic E-state index is 5.89. The maximum absolute atomic E-state index is 5.89. The van der Waals surface area contributed by atoms with Gasteiger partial charge >= 0.3 is 0 Å². The molecule has 4 atom stereocenters. The van der Waals surface area contributed by atoms with E-state index < -0.39 is 12.1 Å². The van der Waals surface area contributed by atoms with Crippen molar-refractivity contribution in [3.8, 4) is 0 Å². The van der Waals surface area contributed by atoms with Gasteiger partial charge in [0.2, 0.25) is 0 Å². The van der Waals surface area contributed by atoms with Gasteiger partial charge in [-0.2, -0.15) is 0 Å². The van der Waals surface area contributed by atoms with E-state index in [9.17, 15) is 0 Å². The third-order valence-corrected chi connectivity index (χ3v) is 3.75. The van der Waals surface area contributed by atoms with E-state index in [1.54, 1.807) is 23.3 Å². The molecule has 2 aliphatic heterocycles. The Hall–Kier alpha value is -1.02. The highest BCUT2D eigenvalue weighted by molar-refractivity contribution is 7.80. The minimum Gasteiger partial charge on any atom is -0.461 e. The molecule has 20 heavy (non-hydrogen) atoms. The minimum atomic E-state index is -0.660. The fourth-order valence-corrected chi connectivity index (χ4v) is 2.78. The van der Waals surface area contributed by atoms with Crippen LogP contribution in [0.4, 0.5) is 0 Å². The molecule has 0 amide bonds. The van der Waals surface area contributed by atoms with Gasteiger partial charge in [0, 0.05) is 12.4 Å². The Kier molecular flexibility index (Phi) is 3.53. The molecule has 6 nitrogen and oxygen atoms in total. The van der Waals surface area contributed by atoms with Gasteiger partial charge in [0.05, 0.1) is 0 Å². The topological polar surface area (TPSA) is 54.7 Å². The van der Waals surface area contributed by atoms with E-state index in [4.69, 9.17) is 31.2 Å². The van der Waals surface area contributed by atoms with Crippen LogP contribution in [0.25, 0.3) is 0 Å². The van der Waals surface area contributed by atoms with Gasteiger partial charge < -0.3 is 18.9 Å². The van der Waals surface area contributed by atoms with E-state index >= 15 is 0 Å². The molecule has 1 aromatic rings. The van der Waals surface area contributed by atoms with Crippen molar-refractivity contribution in [1.82, 2.24) is 9.55 Å². The number of thiocarbonyl (C=S) groups is 1. The molecule has 0 saturated carbocycles. The number of hydrogen-bond donors (Lipinski definition) is 0. The number of rotatable bonds is 2. The summed E-state index contributed by atoms with van der Waals surface area (Å²) in [7, 11) is 0. The van der Waals surface area contributed by atoms with Crippen molar-refractivity contribution in [3.63, 3.8) is 0 Å². The smallest absolute Gasteiger partial charge is 0.269 e. The highest BCUT2D eigenvalue weighted by Gasteiger charge is 2.55. The van der Waals surface area contributed by atoms with Crippen molar-refractivity contribution in [2.45, 2.75) is 57.6 Å². The summed E-state index contributed by atoms with van der Waals surface area (Å²) in [5, 5.41) is 0.337. The zero-order chi connectivity index (χ0) is 14.3. The highest BCUT2D eigenvalue weighted by Crippen LogP contribution is 2.39. The van der Waals surface area contributed by atoms with Crippen molar-refractivity contribution >= 4 is 17.4 Å². The summed E-state index contributed by atoms with van der Waals surface area (Å²) in [6.45, 7) is 5.76. The van der Waals surface area contributed by atoms with Crippen molar-refractivity contribution < 1.29 is 18.9 Å². The molecule has 1 aromatic heterocycles. The number of imidazole rings is 1. The SMILES string of the molecule is CC[C@H]1O[C@H]2OC(C)(C)OC2[C@H]1OC(=S)n1ccnc1. The van der Waals surface area contributed by atoms with E-state index in [-0.39, 0.29) is 18.3 Å². The Morgan fingerprint density at radius 1 is 1.45 bits per heavy atom. The second kappa shape index (κ2) is 5.07. The van der Waals surface area contributed by atoms with Gasteiger partial charge in [-0.25, -0.2) is 4.98 Å². The van der Waals surface area contributed by atoms with E-state index in [1.807, 2.05) is 20.8 Å². The predicted octanol–water partition coefficient (Wildman–Crippen LogP) is 1.69. The molecule has 0 N–H and O–H groups in total. The molecule has 1 unspecified atom stereocenters. The molecule has 2 fully saturated rings. The van der Waals surface area contributed by atoms with E-state index in [2.05, 4.69) is 4.98 Å². The Labute approximate surface area is 123 Å². The van der Waals surface area contributed by atoms with E-state index in [0.29, 0.717) is 5.17 Å². The quantitative estimate of drug-likeness (QED) is 0.775. The zero-order valence-corrected chi connectivity index (χ0v) is 12.5. The lowest BCUT2D eigenvalue weighted by Gasteiger charge is -2.25. The molecule has 0 aliphatic carbocycles. The van der Waals surface area contributed by atoms with Crippen molar-refractivity contribution in [3.05, 3.63) is 18.7 Å². The summed E-state index contributed by atoms with van der Waals surface area (Å²) in [5.41, 5.74) is 0. The van der Waals surface area contributed by atoms with Gasteiger partial charge in [0.15, 0.2) is 24.3 Å².